The van der Waals surface area contributed by atoms with Crippen LogP contribution in [0.2, 0.25) is 10.0 Å². The number of Topliss-reactive ketones (excluding diaryl/α,β-unsaturated/α-hetero) is 1. The average Bonchev–Trinajstić information content (AvgIpc) is 2.08. The van der Waals surface area contributed by atoms with E-state index >= 15 is 0 Å². The monoisotopic (exact) mass is 233 g/mol. The fourth-order valence-electron chi connectivity index (χ4n) is 1.03. The normalized spacial score (nSPS) is 9.93. The van der Waals surface area contributed by atoms with E-state index in [1.165, 1.54) is 13.0 Å². The summed E-state index contributed by atoms with van der Waals surface area (Å²) in [6.07, 6.45) is 0. The van der Waals surface area contributed by atoms with E-state index in [1.54, 1.807) is 0 Å². The van der Waals surface area contributed by atoms with Crippen molar-refractivity contribution in [3.63, 3.8) is 0 Å². The number of ketones is 1. The molecule has 14 heavy (non-hydrogen) atoms. The van der Waals surface area contributed by atoms with Gasteiger partial charge in [0, 0.05) is 6.07 Å². The highest BCUT2D eigenvalue weighted by atomic mass is 35.5. The molecule has 0 spiro atoms. The van der Waals surface area contributed by atoms with Gasteiger partial charge in [-0.1, -0.05) is 23.2 Å². The molecule has 0 atom stereocenters. The molecule has 0 heterocycles. The van der Waals surface area contributed by atoms with Crippen LogP contribution in [0.15, 0.2) is 12.1 Å². The number of rotatable bonds is 2. The first-order valence-corrected chi connectivity index (χ1v) is 4.34. The average molecular weight is 234 g/mol. The summed E-state index contributed by atoms with van der Waals surface area (Å²) in [5, 5.41) is 10.6. The highest BCUT2D eigenvalue weighted by Crippen LogP contribution is 2.32. The van der Waals surface area contributed by atoms with Gasteiger partial charge in [-0.05, 0) is 13.0 Å². The molecule has 1 aromatic rings. The van der Waals surface area contributed by atoms with Crippen molar-refractivity contribution in [2.24, 2.45) is 0 Å². The minimum atomic E-state index is -0.668. The van der Waals surface area contributed by atoms with Crippen molar-refractivity contribution < 1.29 is 9.72 Å². The topological polar surface area (TPSA) is 60.2 Å². The SMILES string of the molecule is CC(=O)c1c([N+](=O)[O-])ccc(Cl)c1Cl. The van der Waals surface area contributed by atoms with Crippen molar-refractivity contribution in [1.82, 2.24) is 0 Å². The highest BCUT2D eigenvalue weighted by Gasteiger charge is 2.22. The Morgan fingerprint density at radius 1 is 1.43 bits per heavy atom. The zero-order valence-electron chi connectivity index (χ0n) is 7.08. The number of benzene rings is 1. The Morgan fingerprint density at radius 2 is 2.00 bits per heavy atom. The number of carbonyl (C=O) groups excluding carboxylic acids is 1. The van der Waals surface area contributed by atoms with Crippen molar-refractivity contribution in [2.75, 3.05) is 0 Å². The second-order valence-corrected chi connectivity index (χ2v) is 3.35. The van der Waals surface area contributed by atoms with E-state index in [0.29, 0.717) is 0 Å². The molecule has 0 N–H and O–H groups in total. The molecule has 1 rings (SSSR count). The molecule has 0 amide bonds. The van der Waals surface area contributed by atoms with Crippen LogP contribution in [0.5, 0.6) is 0 Å². The fraction of sp³-hybridized carbons (Fsp3) is 0.125. The molecule has 0 radical (unpaired) electrons. The van der Waals surface area contributed by atoms with Crippen molar-refractivity contribution >= 4 is 34.7 Å². The van der Waals surface area contributed by atoms with E-state index in [0.717, 1.165) is 6.07 Å². The van der Waals surface area contributed by atoms with Crippen LogP contribution in [0, 0.1) is 10.1 Å². The molecule has 0 unspecified atom stereocenters. The molecule has 0 bridgehead atoms. The predicted molar refractivity (Wildman–Crippen MR) is 53.1 cm³/mol. The molecule has 6 heteroatoms. The molecule has 4 nitrogen and oxygen atoms in total. The van der Waals surface area contributed by atoms with Gasteiger partial charge in [0.25, 0.3) is 5.69 Å². The van der Waals surface area contributed by atoms with Gasteiger partial charge in [0.05, 0.1) is 15.0 Å². The van der Waals surface area contributed by atoms with Gasteiger partial charge in [0.15, 0.2) is 5.78 Å². The molecule has 1 aromatic carbocycles. The number of nitrogens with zero attached hydrogens (tertiary/aromatic N) is 1. The Bertz CT molecular complexity index is 417. The van der Waals surface area contributed by atoms with Crippen molar-refractivity contribution in [3.8, 4) is 0 Å². The van der Waals surface area contributed by atoms with E-state index in [1.807, 2.05) is 0 Å². The van der Waals surface area contributed by atoms with Crippen LogP contribution >= 0.6 is 23.2 Å². The Hall–Kier alpha value is -1.13. The smallest absolute Gasteiger partial charge is 0.281 e. The third-order valence-corrected chi connectivity index (χ3v) is 2.43. The zero-order chi connectivity index (χ0) is 10.9. The lowest BCUT2D eigenvalue weighted by atomic mass is 10.1. The van der Waals surface area contributed by atoms with Gasteiger partial charge in [0.2, 0.25) is 0 Å². The maximum atomic E-state index is 11.1. The lowest BCUT2D eigenvalue weighted by Gasteiger charge is -2.02. The first-order chi connectivity index (χ1) is 6.45. The number of halogens is 2. The third-order valence-electron chi connectivity index (χ3n) is 1.62. The number of hydrogen-bond donors (Lipinski definition) is 0. The van der Waals surface area contributed by atoms with Crippen LogP contribution in [-0.4, -0.2) is 10.7 Å². The molecule has 0 saturated heterocycles. The van der Waals surface area contributed by atoms with Crippen molar-refractivity contribution in [2.45, 2.75) is 6.92 Å². The third kappa shape index (κ3) is 1.86. The summed E-state index contributed by atoms with van der Waals surface area (Å²) in [6.45, 7) is 1.20. The summed E-state index contributed by atoms with van der Waals surface area (Å²) in [7, 11) is 0. The van der Waals surface area contributed by atoms with Gasteiger partial charge >= 0.3 is 0 Å². The Balaban J connectivity index is 3.53. The van der Waals surface area contributed by atoms with E-state index < -0.39 is 10.7 Å². The number of hydrogen-bond acceptors (Lipinski definition) is 3. The quantitative estimate of drug-likeness (QED) is 0.448. The second kappa shape index (κ2) is 3.94. The van der Waals surface area contributed by atoms with E-state index in [-0.39, 0.29) is 21.3 Å². The first kappa shape index (κ1) is 10.9. The Morgan fingerprint density at radius 3 is 2.43 bits per heavy atom. The van der Waals surface area contributed by atoms with Crippen molar-refractivity contribution in [1.29, 1.82) is 0 Å². The summed E-state index contributed by atoms with van der Waals surface area (Å²) >= 11 is 11.3. The Kier molecular flexibility index (Phi) is 3.08. The molecule has 0 aliphatic rings. The molecule has 0 saturated carbocycles. The number of carbonyl (C=O) groups is 1. The number of nitro groups is 1. The maximum Gasteiger partial charge on any atom is 0.281 e. The summed E-state index contributed by atoms with van der Waals surface area (Å²) in [5.74, 6) is -0.482. The lowest BCUT2D eigenvalue weighted by Crippen LogP contribution is -2.01. The van der Waals surface area contributed by atoms with E-state index in [2.05, 4.69) is 0 Å². The van der Waals surface area contributed by atoms with Crippen LogP contribution in [0.1, 0.15) is 17.3 Å². The predicted octanol–water partition coefficient (Wildman–Crippen LogP) is 3.10. The fourth-order valence-corrected chi connectivity index (χ4v) is 1.48. The summed E-state index contributed by atoms with van der Waals surface area (Å²) < 4.78 is 0. The van der Waals surface area contributed by atoms with Gasteiger partial charge in [-0.3, -0.25) is 14.9 Å². The van der Waals surface area contributed by atoms with E-state index in [9.17, 15) is 14.9 Å². The van der Waals surface area contributed by atoms with Crippen LogP contribution in [0.4, 0.5) is 5.69 Å². The summed E-state index contributed by atoms with van der Waals surface area (Å²) in [6, 6.07) is 2.44. The van der Waals surface area contributed by atoms with Gasteiger partial charge in [-0.15, -0.1) is 0 Å². The van der Waals surface area contributed by atoms with Gasteiger partial charge in [0.1, 0.15) is 5.56 Å². The molecular weight excluding hydrogens is 229 g/mol. The summed E-state index contributed by atoms with van der Waals surface area (Å²) in [5.41, 5.74) is -0.476. The maximum absolute atomic E-state index is 11.1. The zero-order valence-corrected chi connectivity index (χ0v) is 8.59. The molecule has 0 aliphatic heterocycles. The Labute approximate surface area is 89.6 Å². The standard InChI is InChI=1S/C8H5Cl2NO3/c1-4(12)7-6(11(13)14)3-2-5(9)8(7)10/h2-3H,1H3. The summed E-state index contributed by atoms with van der Waals surface area (Å²) in [4.78, 5) is 21.0. The molecule has 74 valence electrons. The van der Waals surface area contributed by atoms with Crippen LogP contribution in [-0.2, 0) is 0 Å². The number of nitro benzene ring substituents is 1. The second-order valence-electron chi connectivity index (χ2n) is 2.57. The highest BCUT2D eigenvalue weighted by molar-refractivity contribution is 6.44. The molecule has 0 aliphatic carbocycles. The van der Waals surface area contributed by atoms with Gasteiger partial charge in [-0.25, -0.2) is 0 Å². The molecular formula is C8H5Cl2NO3. The van der Waals surface area contributed by atoms with Crippen LogP contribution in [0.3, 0.4) is 0 Å². The lowest BCUT2D eigenvalue weighted by molar-refractivity contribution is -0.385. The van der Waals surface area contributed by atoms with Gasteiger partial charge in [-0.2, -0.15) is 0 Å². The largest absolute Gasteiger partial charge is 0.294 e. The van der Waals surface area contributed by atoms with E-state index in [4.69, 9.17) is 23.2 Å². The molecule has 0 fully saturated rings. The van der Waals surface area contributed by atoms with Crippen LogP contribution in [0.25, 0.3) is 0 Å². The first-order valence-electron chi connectivity index (χ1n) is 3.58. The van der Waals surface area contributed by atoms with Gasteiger partial charge < -0.3 is 0 Å². The van der Waals surface area contributed by atoms with Crippen LogP contribution < -0.4 is 0 Å². The minimum Gasteiger partial charge on any atom is -0.294 e. The minimum absolute atomic E-state index is 0.0756. The van der Waals surface area contributed by atoms with Crippen molar-refractivity contribution in [3.05, 3.63) is 37.9 Å². The molecule has 0 aromatic heterocycles.